The van der Waals surface area contributed by atoms with E-state index in [4.69, 9.17) is 4.42 Å². The first-order chi connectivity index (χ1) is 12.5. The first kappa shape index (κ1) is 20.0. The third-order valence-electron chi connectivity index (χ3n) is 4.37. The topological polar surface area (TPSA) is 74.6 Å². The van der Waals surface area contributed by atoms with Gasteiger partial charge in [0.25, 0.3) is 10.0 Å². The van der Waals surface area contributed by atoms with E-state index in [1.165, 1.54) is 0 Å². The van der Waals surface area contributed by atoms with Crippen molar-refractivity contribution < 1.29 is 12.8 Å². The Kier molecular flexibility index (Phi) is 6.00. The highest BCUT2D eigenvalue weighted by molar-refractivity contribution is 9.10. The lowest BCUT2D eigenvalue weighted by atomic mass is 10.2. The molecule has 6 nitrogen and oxygen atoms in total. The molecule has 3 aromatic rings. The van der Waals surface area contributed by atoms with Crippen LogP contribution in [0.4, 0.5) is 11.4 Å². The Labute approximate surface area is 172 Å². The molecule has 0 spiro atoms. The second kappa shape index (κ2) is 8.10. The van der Waals surface area contributed by atoms with Gasteiger partial charge in [-0.2, -0.15) is 0 Å². The van der Waals surface area contributed by atoms with Crippen molar-refractivity contribution in [2.24, 2.45) is 0 Å². The molecule has 144 valence electrons. The minimum absolute atomic E-state index is 0. The summed E-state index contributed by atoms with van der Waals surface area (Å²) in [5, 5.41) is 4.19. The highest BCUT2D eigenvalue weighted by atomic mass is 79.9. The third kappa shape index (κ3) is 4.24. The average Bonchev–Trinajstić information content (AvgIpc) is 3.10. The largest absolute Gasteiger partial charge is 0.462 e. The van der Waals surface area contributed by atoms with Crippen LogP contribution in [0, 0.1) is 0 Å². The van der Waals surface area contributed by atoms with Crippen molar-refractivity contribution in [1.82, 2.24) is 5.32 Å². The van der Waals surface area contributed by atoms with Gasteiger partial charge in [-0.15, -0.1) is 12.4 Å². The first-order valence-electron chi connectivity index (χ1n) is 8.28. The van der Waals surface area contributed by atoms with Gasteiger partial charge in [-0.1, -0.05) is 15.9 Å². The van der Waals surface area contributed by atoms with Gasteiger partial charge in [-0.3, -0.25) is 4.72 Å². The zero-order valence-corrected chi connectivity index (χ0v) is 17.5. The van der Waals surface area contributed by atoms with E-state index in [2.05, 4.69) is 30.9 Å². The lowest BCUT2D eigenvalue weighted by Crippen LogP contribution is -2.43. The standard InChI is InChI=1S/C18H18BrN3O3S.ClH/c19-14-1-3-16(4-2-14)26(23,24)21-15-11-13-5-10-25-18(13)17(12-15)22-8-6-20-7-9-22;/h1-5,10-12,20-21H,6-9H2;1H. The summed E-state index contributed by atoms with van der Waals surface area (Å²) in [5.41, 5.74) is 2.20. The minimum atomic E-state index is -3.66. The van der Waals surface area contributed by atoms with E-state index >= 15 is 0 Å². The van der Waals surface area contributed by atoms with E-state index in [0.29, 0.717) is 5.69 Å². The Morgan fingerprint density at radius 2 is 1.78 bits per heavy atom. The molecule has 2 aromatic carbocycles. The molecular weight excluding hydrogens is 454 g/mol. The van der Waals surface area contributed by atoms with Crippen molar-refractivity contribution in [2.75, 3.05) is 35.8 Å². The number of fused-ring (bicyclic) bond motifs is 1. The molecule has 0 saturated carbocycles. The van der Waals surface area contributed by atoms with Crippen molar-refractivity contribution >= 4 is 60.7 Å². The zero-order valence-electron chi connectivity index (χ0n) is 14.3. The fraction of sp³-hybridized carbons (Fsp3) is 0.222. The van der Waals surface area contributed by atoms with Gasteiger partial charge in [0.1, 0.15) is 0 Å². The van der Waals surface area contributed by atoms with Crippen LogP contribution < -0.4 is 14.9 Å². The number of furan rings is 1. The summed E-state index contributed by atoms with van der Waals surface area (Å²) in [5.74, 6) is 0. The van der Waals surface area contributed by atoms with Crippen LogP contribution in [0.2, 0.25) is 0 Å². The lowest BCUT2D eigenvalue weighted by Gasteiger charge is -2.29. The molecule has 0 aliphatic carbocycles. The van der Waals surface area contributed by atoms with Gasteiger partial charge >= 0.3 is 0 Å². The Morgan fingerprint density at radius 3 is 2.48 bits per heavy atom. The minimum Gasteiger partial charge on any atom is -0.462 e. The van der Waals surface area contributed by atoms with Crippen LogP contribution in [0.25, 0.3) is 11.0 Å². The van der Waals surface area contributed by atoms with Crippen molar-refractivity contribution in [3.63, 3.8) is 0 Å². The van der Waals surface area contributed by atoms with E-state index in [0.717, 1.165) is 47.3 Å². The zero-order chi connectivity index (χ0) is 18.1. The molecular formula is C18H19BrClN3O3S. The van der Waals surface area contributed by atoms with Crippen LogP contribution in [0.3, 0.4) is 0 Å². The molecule has 27 heavy (non-hydrogen) atoms. The summed E-state index contributed by atoms with van der Waals surface area (Å²) in [6.07, 6.45) is 1.63. The van der Waals surface area contributed by atoms with Gasteiger partial charge in [0.15, 0.2) is 5.58 Å². The summed E-state index contributed by atoms with van der Waals surface area (Å²) in [7, 11) is -3.66. The number of halogens is 2. The Morgan fingerprint density at radius 1 is 1.07 bits per heavy atom. The number of piperazine rings is 1. The first-order valence-corrected chi connectivity index (χ1v) is 10.6. The SMILES string of the molecule is Cl.O=S(=O)(Nc1cc(N2CCNCC2)c2occc2c1)c1ccc(Br)cc1. The predicted octanol–water partition coefficient (Wildman–Crippen LogP) is 3.83. The Balaban J connectivity index is 0.00000210. The molecule has 1 aliphatic heterocycles. The van der Waals surface area contributed by atoms with Gasteiger partial charge in [0.05, 0.1) is 22.5 Å². The summed E-state index contributed by atoms with van der Waals surface area (Å²) in [4.78, 5) is 2.43. The molecule has 4 rings (SSSR count). The molecule has 0 unspecified atom stereocenters. The average molecular weight is 473 g/mol. The van der Waals surface area contributed by atoms with E-state index in [9.17, 15) is 8.42 Å². The van der Waals surface area contributed by atoms with Gasteiger partial charge in [0.2, 0.25) is 0 Å². The molecule has 1 fully saturated rings. The summed E-state index contributed by atoms with van der Waals surface area (Å²) in [6, 6.07) is 12.0. The smallest absolute Gasteiger partial charge is 0.261 e. The van der Waals surface area contributed by atoms with Crippen molar-refractivity contribution in [2.45, 2.75) is 4.90 Å². The van der Waals surface area contributed by atoms with Crippen molar-refractivity contribution in [3.05, 3.63) is 53.2 Å². The quantitative estimate of drug-likeness (QED) is 0.604. The number of benzene rings is 2. The molecule has 1 aromatic heterocycles. The van der Waals surface area contributed by atoms with E-state index in [-0.39, 0.29) is 17.3 Å². The third-order valence-corrected chi connectivity index (χ3v) is 6.29. The van der Waals surface area contributed by atoms with Gasteiger partial charge in [-0.05, 0) is 42.5 Å². The monoisotopic (exact) mass is 471 g/mol. The number of hydrogen-bond acceptors (Lipinski definition) is 5. The Bertz CT molecular complexity index is 1030. The molecule has 9 heteroatoms. The van der Waals surface area contributed by atoms with Gasteiger partial charge < -0.3 is 14.6 Å². The van der Waals surface area contributed by atoms with Crippen LogP contribution >= 0.6 is 28.3 Å². The Hall–Kier alpha value is -1.74. The van der Waals surface area contributed by atoms with Gasteiger partial charge in [-0.25, -0.2) is 8.42 Å². The van der Waals surface area contributed by atoms with E-state index in [1.807, 2.05) is 12.1 Å². The second-order valence-corrected chi connectivity index (χ2v) is 8.73. The maximum atomic E-state index is 12.7. The summed E-state index contributed by atoms with van der Waals surface area (Å²) < 4.78 is 34.6. The van der Waals surface area contributed by atoms with Crippen LogP contribution in [-0.4, -0.2) is 34.6 Å². The van der Waals surface area contributed by atoms with E-state index < -0.39 is 10.0 Å². The molecule has 0 atom stereocenters. The molecule has 2 N–H and O–H groups in total. The number of rotatable bonds is 4. The molecule has 1 aliphatic rings. The van der Waals surface area contributed by atoms with Crippen LogP contribution in [-0.2, 0) is 10.0 Å². The second-order valence-electron chi connectivity index (χ2n) is 6.13. The van der Waals surface area contributed by atoms with Crippen LogP contribution in [0.1, 0.15) is 0 Å². The lowest BCUT2D eigenvalue weighted by molar-refractivity contribution is 0.579. The maximum absolute atomic E-state index is 12.7. The number of sulfonamides is 1. The molecule has 1 saturated heterocycles. The number of nitrogens with one attached hydrogen (secondary N) is 2. The maximum Gasteiger partial charge on any atom is 0.261 e. The number of nitrogens with zero attached hydrogens (tertiary/aromatic N) is 1. The number of anilines is 2. The normalized spacial score (nSPS) is 14.8. The van der Waals surface area contributed by atoms with Crippen molar-refractivity contribution in [3.8, 4) is 0 Å². The molecule has 2 heterocycles. The molecule has 0 radical (unpaired) electrons. The van der Waals surface area contributed by atoms with Crippen LogP contribution in [0.15, 0.2) is 62.5 Å². The van der Waals surface area contributed by atoms with Crippen LogP contribution in [0.5, 0.6) is 0 Å². The summed E-state index contributed by atoms with van der Waals surface area (Å²) >= 11 is 3.32. The van der Waals surface area contributed by atoms with Gasteiger partial charge in [0, 0.05) is 36.0 Å². The van der Waals surface area contributed by atoms with Crippen molar-refractivity contribution in [1.29, 1.82) is 0 Å². The highest BCUT2D eigenvalue weighted by Crippen LogP contribution is 2.33. The fourth-order valence-electron chi connectivity index (χ4n) is 3.09. The highest BCUT2D eigenvalue weighted by Gasteiger charge is 2.19. The van der Waals surface area contributed by atoms with E-state index in [1.54, 1.807) is 36.6 Å². The molecule has 0 bridgehead atoms. The molecule has 0 amide bonds. The fourth-order valence-corrected chi connectivity index (χ4v) is 4.40. The predicted molar refractivity (Wildman–Crippen MR) is 113 cm³/mol. The summed E-state index contributed by atoms with van der Waals surface area (Å²) in [6.45, 7) is 3.46. The number of hydrogen-bond donors (Lipinski definition) is 2.